The number of aromatic nitrogens is 3. The van der Waals surface area contributed by atoms with Crippen LogP contribution in [-0.2, 0) is 4.79 Å². The number of aromatic carboxylic acids is 1. The van der Waals surface area contributed by atoms with Gasteiger partial charge in [-0.25, -0.2) is 14.8 Å². The Morgan fingerprint density at radius 3 is 2.55 bits per heavy atom. The third-order valence-corrected chi connectivity index (χ3v) is 3.19. The normalized spacial score (nSPS) is 10.0. The largest absolute Gasteiger partial charge is 0.476 e. The highest BCUT2D eigenvalue weighted by Crippen LogP contribution is 2.16. The molecule has 0 atom stereocenters. The third-order valence-electron chi connectivity index (χ3n) is 2.18. The van der Waals surface area contributed by atoms with Crippen LogP contribution in [0.2, 0.25) is 0 Å². The number of nitrogens with zero attached hydrogens (tertiary/aromatic N) is 3. The van der Waals surface area contributed by atoms with Crippen molar-refractivity contribution in [3.05, 3.63) is 42.6 Å². The Morgan fingerprint density at radius 1 is 1.15 bits per heavy atom. The number of carboxylic acids is 1. The van der Waals surface area contributed by atoms with Crippen LogP contribution in [0.5, 0.6) is 0 Å². The molecule has 2 rings (SSSR count). The summed E-state index contributed by atoms with van der Waals surface area (Å²) in [6, 6.07) is 3.56. The molecular weight excluding hydrogens is 280 g/mol. The maximum absolute atomic E-state index is 11.8. The van der Waals surface area contributed by atoms with E-state index >= 15 is 0 Å². The Kier molecular flexibility index (Phi) is 4.61. The summed E-state index contributed by atoms with van der Waals surface area (Å²) in [7, 11) is 0. The summed E-state index contributed by atoms with van der Waals surface area (Å²) in [5, 5.41) is 11.4. The molecule has 0 aromatic carbocycles. The number of rotatable bonds is 5. The topological polar surface area (TPSA) is 105 Å². The summed E-state index contributed by atoms with van der Waals surface area (Å²) >= 11 is 1.31. The van der Waals surface area contributed by atoms with Crippen molar-refractivity contribution in [2.75, 3.05) is 11.1 Å². The molecule has 102 valence electrons. The first kappa shape index (κ1) is 13.9. The molecule has 0 spiro atoms. The molecule has 0 radical (unpaired) electrons. The smallest absolute Gasteiger partial charge is 0.358 e. The van der Waals surface area contributed by atoms with E-state index in [4.69, 9.17) is 5.11 Å². The molecule has 2 N–H and O–H groups in total. The Bertz CT molecular complexity index is 621. The average Bonchev–Trinajstić information content (AvgIpc) is 2.46. The zero-order chi connectivity index (χ0) is 14.4. The van der Waals surface area contributed by atoms with Gasteiger partial charge in [0.05, 0.1) is 5.75 Å². The number of nitrogens with one attached hydrogen (secondary N) is 1. The zero-order valence-electron chi connectivity index (χ0n) is 10.2. The van der Waals surface area contributed by atoms with E-state index < -0.39 is 5.97 Å². The first-order valence-electron chi connectivity index (χ1n) is 5.54. The van der Waals surface area contributed by atoms with Gasteiger partial charge >= 0.3 is 5.97 Å². The number of carboxylic acid groups (broad SMARTS) is 1. The summed E-state index contributed by atoms with van der Waals surface area (Å²) in [4.78, 5) is 34.9. The lowest BCUT2D eigenvalue weighted by molar-refractivity contribution is -0.113. The van der Waals surface area contributed by atoms with Gasteiger partial charge < -0.3 is 10.4 Å². The van der Waals surface area contributed by atoms with E-state index in [1.165, 1.54) is 24.2 Å². The van der Waals surface area contributed by atoms with Crippen LogP contribution in [0.1, 0.15) is 10.5 Å². The third kappa shape index (κ3) is 3.75. The molecule has 20 heavy (non-hydrogen) atoms. The fourth-order valence-corrected chi connectivity index (χ4v) is 2.02. The molecule has 0 unspecified atom stereocenters. The van der Waals surface area contributed by atoms with Crippen molar-refractivity contribution >= 4 is 29.5 Å². The van der Waals surface area contributed by atoms with Crippen LogP contribution < -0.4 is 5.32 Å². The van der Waals surface area contributed by atoms with Gasteiger partial charge in [-0.15, -0.1) is 11.8 Å². The van der Waals surface area contributed by atoms with Crippen LogP contribution in [0.25, 0.3) is 0 Å². The van der Waals surface area contributed by atoms with E-state index in [9.17, 15) is 9.59 Å². The van der Waals surface area contributed by atoms with Gasteiger partial charge in [-0.05, 0) is 12.1 Å². The van der Waals surface area contributed by atoms with Crippen molar-refractivity contribution in [1.82, 2.24) is 15.0 Å². The van der Waals surface area contributed by atoms with Crippen LogP contribution in [0.3, 0.4) is 0 Å². The lowest BCUT2D eigenvalue weighted by atomic mass is 10.4. The molecule has 2 aromatic rings. The van der Waals surface area contributed by atoms with Crippen LogP contribution in [-0.4, -0.2) is 37.7 Å². The monoisotopic (exact) mass is 290 g/mol. The minimum atomic E-state index is -1.24. The van der Waals surface area contributed by atoms with Gasteiger partial charge in [0.1, 0.15) is 0 Å². The van der Waals surface area contributed by atoms with E-state index in [1.807, 2.05) is 0 Å². The predicted molar refractivity (Wildman–Crippen MR) is 72.6 cm³/mol. The Labute approximate surface area is 118 Å². The second-order valence-corrected chi connectivity index (χ2v) is 4.63. The number of pyridine rings is 1. The van der Waals surface area contributed by atoms with Gasteiger partial charge in [0, 0.05) is 29.7 Å². The SMILES string of the molecule is O=C(CSc1ccncc1)Nc1nccnc1C(=O)O. The fourth-order valence-electron chi connectivity index (χ4n) is 1.34. The van der Waals surface area contributed by atoms with Crippen LogP contribution in [0.4, 0.5) is 5.82 Å². The van der Waals surface area contributed by atoms with E-state index in [-0.39, 0.29) is 23.2 Å². The fraction of sp³-hybridized carbons (Fsp3) is 0.0833. The number of carbonyl (C=O) groups is 2. The maximum atomic E-state index is 11.8. The van der Waals surface area contributed by atoms with Crippen molar-refractivity contribution in [2.24, 2.45) is 0 Å². The average molecular weight is 290 g/mol. The summed E-state index contributed by atoms with van der Waals surface area (Å²) in [6.45, 7) is 0. The van der Waals surface area contributed by atoms with Crippen LogP contribution in [0.15, 0.2) is 41.8 Å². The van der Waals surface area contributed by atoms with E-state index in [2.05, 4.69) is 20.3 Å². The standard InChI is InChI=1S/C12H10N4O3S/c17-9(7-20-8-1-3-13-4-2-8)16-11-10(12(18)19)14-5-6-15-11/h1-6H,7H2,(H,18,19)(H,15,16,17). The van der Waals surface area contributed by atoms with Crippen molar-refractivity contribution in [1.29, 1.82) is 0 Å². The minimum Gasteiger partial charge on any atom is -0.476 e. The molecule has 0 saturated carbocycles. The number of amides is 1. The molecule has 7 nitrogen and oxygen atoms in total. The van der Waals surface area contributed by atoms with Gasteiger partial charge in [0.25, 0.3) is 0 Å². The summed E-state index contributed by atoms with van der Waals surface area (Å²) < 4.78 is 0. The van der Waals surface area contributed by atoms with E-state index in [1.54, 1.807) is 24.5 Å². The number of hydrogen-bond donors (Lipinski definition) is 2. The maximum Gasteiger partial charge on any atom is 0.358 e. The highest BCUT2D eigenvalue weighted by atomic mass is 32.2. The minimum absolute atomic E-state index is 0.0553. The van der Waals surface area contributed by atoms with Gasteiger partial charge in [-0.2, -0.15) is 0 Å². The molecule has 0 fully saturated rings. The van der Waals surface area contributed by atoms with E-state index in [0.717, 1.165) is 4.90 Å². The lowest BCUT2D eigenvalue weighted by Crippen LogP contribution is -2.18. The quantitative estimate of drug-likeness (QED) is 0.799. The highest BCUT2D eigenvalue weighted by molar-refractivity contribution is 8.00. The van der Waals surface area contributed by atoms with Crippen molar-refractivity contribution in [2.45, 2.75) is 4.90 Å². The van der Waals surface area contributed by atoms with Crippen molar-refractivity contribution in [3.63, 3.8) is 0 Å². The number of thioether (sulfide) groups is 1. The van der Waals surface area contributed by atoms with Crippen molar-refractivity contribution in [3.8, 4) is 0 Å². The predicted octanol–water partition coefficient (Wildman–Crippen LogP) is 1.30. The second-order valence-electron chi connectivity index (χ2n) is 3.58. The molecule has 0 saturated heterocycles. The molecular formula is C12H10N4O3S. The van der Waals surface area contributed by atoms with Gasteiger partial charge in [0.15, 0.2) is 11.5 Å². The first-order chi connectivity index (χ1) is 9.66. The molecule has 1 amide bonds. The molecule has 0 aliphatic rings. The van der Waals surface area contributed by atoms with E-state index in [0.29, 0.717) is 0 Å². The number of anilines is 1. The van der Waals surface area contributed by atoms with Gasteiger partial charge in [-0.1, -0.05) is 0 Å². The lowest BCUT2D eigenvalue weighted by Gasteiger charge is -2.06. The molecule has 0 aliphatic carbocycles. The highest BCUT2D eigenvalue weighted by Gasteiger charge is 2.14. The summed E-state index contributed by atoms with van der Waals surface area (Å²) in [5.41, 5.74) is -0.283. The first-order valence-corrected chi connectivity index (χ1v) is 6.52. The van der Waals surface area contributed by atoms with Gasteiger partial charge in [-0.3, -0.25) is 9.78 Å². The Hall–Kier alpha value is -2.48. The number of carbonyl (C=O) groups excluding carboxylic acids is 1. The molecule has 0 bridgehead atoms. The van der Waals surface area contributed by atoms with Crippen LogP contribution >= 0.6 is 11.8 Å². The molecule has 2 aromatic heterocycles. The molecule has 0 aliphatic heterocycles. The second kappa shape index (κ2) is 6.62. The molecule has 2 heterocycles. The summed E-state index contributed by atoms with van der Waals surface area (Å²) in [5.74, 6) is -1.51. The van der Waals surface area contributed by atoms with Crippen molar-refractivity contribution < 1.29 is 14.7 Å². The Morgan fingerprint density at radius 2 is 1.85 bits per heavy atom. The zero-order valence-corrected chi connectivity index (χ0v) is 11.0. The van der Waals surface area contributed by atoms with Crippen LogP contribution in [0, 0.1) is 0 Å². The molecule has 8 heteroatoms. The van der Waals surface area contributed by atoms with Gasteiger partial charge in [0.2, 0.25) is 5.91 Å². The summed E-state index contributed by atoms with van der Waals surface area (Å²) in [6.07, 6.45) is 5.83. The number of hydrogen-bond acceptors (Lipinski definition) is 6. The Balaban J connectivity index is 1.97.